The van der Waals surface area contributed by atoms with Crippen LogP contribution in [0.25, 0.3) is 0 Å². The number of ketones is 1. The molecule has 0 N–H and O–H groups in total. The molecule has 0 spiro atoms. The molecule has 156 valence electrons. The predicted octanol–water partition coefficient (Wildman–Crippen LogP) is -0.411. The van der Waals surface area contributed by atoms with Gasteiger partial charge in [0.15, 0.2) is 6.54 Å². The van der Waals surface area contributed by atoms with E-state index in [1.54, 1.807) is 19.2 Å². The number of carbonyl (C=O) groups excluding carboxylic acids is 1. The second-order valence-electron chi connectivity index (χ2n) is 7.43. The Labute approximate surface area is 185 Å². The minimum atomic E-state index is 0. The second kappa shape index (κ2) is 8.52. The summed E-state index contributed by atoms with van der Waals surface area (Å²) in [5.74, 6) is 2.82. The third-order valence-electron chi connectivity index (χ3n) is 5.59. The smallest absolute Gasteiger partial charge is 0.244 e. The Balaban J connectivity index is 0.00000218. The largest absolute Gasteiger partial charge is 1.00 e. The summed E-state index contributed by atoms with van der Waals surface area (Å²) in [5, 5.41) is 0. The molecule has 0 saturated carbocycles. The highest BCUT2D eigenvalue weighted by Gasteiger charge is 2.27. The molecule has 3 heterocycles. The van der Waals surface area contributed by atoms with E-state index in [1.165, 1.54) is 16.7 Å². The summed E-state index contributed by atoms with van der Waals surface area (Å²) < 4.78 is 20.9. The lowest BCUT2D eigenvalue weighted by atomic mass is 9.99. The average molecular weight is 471 g/mol. The Morgan fingerprint density at radius 2 is 1.97 bits per heavy atom. The molecule has 2 aliphatic heterocycles. The molecule has 0 saturated heterocycles. The standard InChI is InChI=1S/C23H23N2O4.BrH/c1-27-18-4-2-16(3-5-18)21(26)14-25-9-8-24(15-25)13-20-19-7-11-28-22(19)12-17-6-10-29-23(17)20;/h2-5,8-9,12,15H,6-7,10-11,13-14H2,1H3;1H/q+1;/p-1. The van der Waals surface area contributed by atoms with Crippen molar-refractivity contribution in [3.8, 4) is 17.2 Å². The number of rotatable bonds is 6. The highest BCUT2D eigenvalue weighted by Crippen LogP contribution is 2.40. The monoisotopic (exact) mass is 470 g/mol. The minimum Gasteiger partial charge on any atom is -1.00 e. The number of halogens is 1. The maximum absolute atomic E-state index is 12.6. The Hall–Kier alpha value is -2.80. The van der Waals surface area contributed by atoms with E-state index < -0.39 is 0 Å². The number of methoxy groups -OCH3 is 1. The second-order valence-corrected chi connectivity index (χ2v) is 7.43. The first-order valence-electron chi connectivity index (χ1n) is 9.86. The third-order valence-corrected chi connectivity index (χ3v) is 5.59. The van der Waals surface area contributed by atoms with Crippen LogP contribution in [0.3, 0.4) is 0 Å². The molecule has 2 aromatic carbocycles. The number of aromatic nitrogens is 2. The molecule has 0 aliphatic carbocycles. The van der Waals surface area contributed by atoms with Crippen molar-refractivity contribution in [3.63, 3.8) is 0 Å². The number of hydrogen-bond donors (Lipinski definition) is 0. The molecule has 6 nitrogen and oxygen atoms in total. The molecule has 1 aromatic heterocycles. The van der Waals surface area contributed by atoms with Gasteiger partial charge in [0.1, 0.15) is 36.2 Å². The molecule has 0 unspecified atom stereocenters. The molecule has 3 aromatic rings. The number of ether oxygens (including phenoxy) is 3. The fourth-order valence-corrected chi connectivity index (χ4v) is 4.09. The van der Waals surface area contributed by atoms with Gasteiger partial charge in [0.05, 0.1) is 20.3 Å². The molecule has 2 aliphatic rings. The lowest BCUT2D eigenvalue weighted by Gasteiger charge is -2.11. The van der Waals surface area contributed by atoms with Crippen molar-refractivity contribution < 1.29 is 40.6 Å². The van der Waals surface area contributed by atoms with E-state index in [2.05, 4.69) is 10.6 Å². The van der Waals surface area contributed by atoms with E-state index in [0.29, 0.717) is 18.7 Å². The van der Waals surface area contributed by atoms with Gasteiger partial charge in [0, 0.05) is 35.1 Å². The van der Waals surface area contributed by atoms with Crippen LogP contribution in [0.4, 0.5) is 0 Å². The van der Waals surface area contributed by atoms with Crippen LogP contribution in [0.1, 0.15) is 27.0 Å². The van der Waals surface area contributed by atoms with Gasteiger partial charge >= 0.3 is 0 Å². The molecule has 0 atom stereocenters. The molecule has 5 rings (SSSR count). The molecular formula is C23H23BrN2O4. The number of imidazole rings is 1. The quantitative estimate of drug-likeness (QED) is 0.363. The third kappa shape index (κ3) is 3.81. The maximum Gasteiger partial charge on any atom is 0.244 e. The summed E-state index contributed by atoms with van der Waals surface area (Å²) >= 11 is 0. The summed E-state index contributed by atoms with van der Waals surface area (Å²) in [5.41, 5.74) is 4.36. The van der Waals surface area contributed by atoms with Gasteiger partial charge in [-0.05, 0) is 30.3 Å². The summed E-state index contributed by atoms with van der Waals surface area (Å²) in [6, 6.07) is 9.35. The zero-order valence-corrected chi connectivity index (χ0v) is 18.4. The van der Waals surface area contributed by atoms with Gasteiger partial charge in [-0.25, -0.2) is 9.13 Å². The van der Waals surface area contributed by atoms with Gasteiger partial charge in [-0.1, -0.05) is 0 Å². The van der Waals surface area contributed by atoms with Crippen molar-refractivity contribution in [2.24, 2.45) is 0 Å². The number of hydrogen-bond acceptors (Lipinski definition) is 4. The average Bonchev–Trinajstić information content (AvgIpc) is 3.48. The van der Waals surface area contributed by atoms with Gasteiger partial charge in [-0.3, -0.25) is 4.79 Å². The Kier molecular flexibility index (Phi) is 5.81. The first-order chi connectivity index (χ1) is 14.2. The van der Waals surface area contributed by atoms with Crippen molar-refractivity contribution in [2.75, 3.05) is 20.3 Å². The van der Waals surface area contributed by atoms with Crippen LogP contribution in [0, 0.1) is 0 Å². The van der Waals surface area contributed by atoms with Crippen LogP contribution in [0.2, 0.25) is 0 Å². The van der Waals surface area contributed by atoms with Crippen LogP contribution in [-0.4, -0.2) is 30.7 Å². The van der Waals surface area contributed by atoms with Gasteiger partial charge in [-0.2, -0.15) is 0 Å². The lowest BCUT2D eigenvalue weighted by Crippen LogP contribution is -3.00. The van der Waals surface area contributed by atoms with Crippen LogP contribution in [-0.2, 0) is 25.9 Å². The topological polar surface area (TPSA) is 53.6 Å². The lowest BCUT2D eigenvalue weighted by molar-refractivity contribution is -0.687. The van der Waals surface area contributed by atoms with E-state index in [9.17, 15) is 4.79 Å². The molecule has 0 radical (unpaired) electrons. The first-order valence-corrected chi connectivity index (χ1v) is 9.86. The fourth-order valence-electron chi connectivity index (χ4n) is 4.09. The highest BCUT2D eigenvalue weighted by atomic mass is 79.9. The molecule has 0 amide bonds. The van der Waals surface area contributed by atoms with Crippen LogP contribution in [0.5, 0.6) is 17.2 Å². The maximum atomic E-state index is 12.6. The Morgan fingerprint density at radius 1 is 1.17 bits per heavy atom. The van der Waals surface area contributed by atoms with Gasteiger partial charge < -0.3 is 31.2 Å². The Morgan fingerprint density at radius 3 is 2.77 bits per heavy atom. The first kappa shape index (κ1) is 20.5. The highest BCUT2D eigenvalue weighted by molar-refractivity contribution is 5.95. The molecule has 0 fully saturated rings. The van der Waals surface area contributed by atoms with Crippen LogP contribution < -0.4 is 35.8 Å². The van der Waals surface area contributed by atoms with E-state index >= 15 is 0 Å². The van der Waals surface area contributed by atoms with E-state index in [4.69, 9.17) is 14.2 Å². The number of benzene rings is 2. The summed E-state index contributed by atoms with van der Waals surface area (Å²) in [7, 11) is 1.62. The zero-order valence-electron chi connectivity index (χ0n) is 16.8. The minimum absolute atomic E-state index is 0. The zero-order chi connectivity index (χ0) is 19.8. The molecular weight excluding hydrogens is 448 g/mol. The van der Waals surface area contributed by atoms with Crippen LogP contribution >= 0.6 is 0 Å². The van der Waals surface area contributed by atoms with Crippen molar-refractivity contribution in [2.45, 2.75) is 25.9 Å². The number of fused-ring (bicyclic) bond motifs is 2. The Bertz CT molecular complexity index is 1040. The van der Waals surface area contributed by atoms with Gasteiger partial charge in [-0.15, -0.1) is 0 Å². The summed E-state index contributed by atoms with van der Waals surface area (Å²) in [4.78, 5) is 12.6. The van der Waals surface area contributed by atoms with E-state index in [1.807, 2.05) is 35.4 Å². The fraction of sp³-hybridized carbons (Fsp3) is 0.304. The number of nitrogens with zero attached hydrogens (tertiary/aromatic N) is 2. The van der Waals surface area contributed by atoms with E-state index in [-0.39, 0.29) is 22.8 Å². The van der Waals surface area contributed by atoms with Crippen LogP contribution in [0.15, 0.2) is 49.1 Å². The van der Waals surface area contributed by atoms with Gasteiger partial charge in [0.25, 0.3) is 0 Å². The van der Waals surface area contributed by atoms with Gasteiger partial charge in [0.2, 0.25) is 12.1 Å². The number of Topliss-reactive ketones (excluding diaryl/α,β-unsaturated/α-hetero) is 1. The molecule has 30 heavy (non-hydrogen) atoms. The van der Waals surface area contributed by atoms with E-state index in [0.717, 1.165) is 43.3 Å². The van der Waals surface area contributed by atoms with Crippen molar-refractivity contribution in [1.82, 2.24) is 4.57 Å². The molecule has 0 bridgehead atoms. The van der Waals surface area contributed by atoms with Crippen molar-refractivity contribution in [3.05, 3.63) is 71.3 Å². The number of carbonyl (C=O) groups is 1. The normalized spacial score (nSPS) is 13.6. The predicted molar refractivity (Wildman–Crippen MR) is 106 cm³/mol. The van der Waals surface area contributed by atoms with Crippen molar-refractivity contribution >= 4 is 5.78 Å². The summed E-state index contributed by atoms with van der Waals surface area (Å²) in [6.07, 6.45) is 7.75. The summed E-state index contributed by atoms with van der Waals surface area (Å²) in [6.45, 7) is 2.46. The molecule has 7 heteroatoms. The SMILES string of the molecule is COc1ccc(C(=O)Cn2cc[n+](Cc3c4c(cc5c3OCC5)OCC4)c2)cc1.[Br-]. The van der Waals surface area contributed by atoms with Crippen molar-refractivity contribution in [1.29, 1.82) is 0 Å².